The molecular formula is C34H47N3O7. The van der Waals surface area contributed by atoms with Crippen LogP contribution in [-0.4, -0.2) is 69.8 Å². The lowest BCUT2D eigenvalue weighted by molar-refractivity contribution is -0.159. The minimum atomic E-state index is -1.35. The Hall–Kier alpha value is -3.92. The van der Waals surface area contributed by atoms with Gasteiger partial charge < -0.3 is 30.1 Å². The van der Waals surface area contributed by atoms with Crippen molar-refractivity contribution in [2.24, 2.45) is 0 Å². The molecule has 3 rings (SSSR count). The summed E-state index contributed by atoms with van der Waals surface area (Å²) >= 11 is 0. The van der Waals surface area contributed by atoms with E-state index in [9.17, 15) is 24.3 Å². The molecule has 1 saturated carbocycles. The number of ether oxygens (including phenoxy) is 2. The number of nitrogens with one attached hydrogen (secondary N) is 2. The first-order valence-electron chi connectivity index (χ1n) is 15.1. The first kappa shape index (κ1) is 34.6. The minimum Gasteiger partial charge on any atom is -0.458 e. The van der Waals surface area contributed by atoms with Crippen molar-refractivity contribution in [1.82, 2.24) is 15.5 Å². The number of esters is 1. The first-order valence-corrected chi connectivity index (χ1v) is 15.1. The molecule has 2 aromatic rings. The zero-order valence-corrected chi connectivity index (χ0v) is 26.9. The average molecular weight is 610 g/mol. The molecule has 3 N–H and O–H groups in total. The summed E-state index contributed by atoms with van der Waals surface area (Å²) in [6, 6.07) is 12.7. The number of nitrogens with zero attached hydrogens (tertiary/aromatic N) is 1. The van der Waals surface area contributed by atoms with Gasteiger partial charge in [0, 0.05) is 12.5 Å². The second-order valence-electron chi connectivity index (χ2n) is 13.3. The van der Waals surface area contributed by atoms with Crippen LogP contribution in [0.4, 0.5) is 4.79 Å². The fourth-order valence-electron chi connectivity index (χ4n) is 4.94. The van der Waals surface area contributed by atoms with E-state index < -0.39 is 59.8 Å². The molecule has 10 nitrogen and oxygen atoms in total. The molecule has 240 valence electrons. The molecule has 0 radical (unpaired) electrons. The van der Waals surface area contributed by atoms with Gasteiger partial charge in [0.2, 0.25) is 11.8 Å². The summed E-state index contributed by atoms with van der Waals surface area (Å²) in [5.41, 5.74) is 0.631. The van der Waals surface area contributed by atoms with Crippen LogP contribution in [0.3, 0.4) is 0 Å². The molecule has 1 fully saturated rings. The van der Waals surface area contributed by atoms with Gasteiger partial charge in [-0.05, 0) is 78.9 Å². The Kier molecular flexibility index (Phi) is 11.6. The number of benzene rings is 2. The van der Waals surface area contributed by atoms with Gasteiger partial charge in [-0.25, -0.2) is 9.59 Å². The first-order chi connectivity index (χ1) is 20.6. The van der Waals surface area contributed by atoms with Crippen LogP contribution in [-0.2, 0) is 30.3 Å². The van der Waals surface area contributed by atoms with Gasteiger partial charge in [0.05, 0.1) is 6.61 Å². The van der Waals surface area contributed by atoms with Crippen molar-refractivity contribution in [3.63, 3.8) is 0 Å². The van der Waals surface area contributed by atoms with E-state index in [1.54, 1.807) is 53.7 Å². The van der Waals surface area contributed by atoms with E-state index in [1.807, 2.05) is 49.4 Å². The Morgan fingerprint density at radius 2 is 1.52 bits per heavy atom. The molecule has 0 aromatic heterocycles. The van der Waals surface area contributed by atoms with Crippen LogP contribution in [0.15, 0.2) is 54.6 Å². The van der Waals surface area contributed by atoms with Crippen LogP contribution in [0.2, 0.25) is 0 Å². The smallest absolute Gasteiger partial charge is 0.408 e. The van der Waals surface area contributed by atoms with E-state index in [0.29, 0.717) is 18.4 Å². The highest BCUT2D eigenvalue weighted by Crippen LogP contribution is 2.34. The number of rotatable bonds is 11. The Balaban J connectivity index is 2.02. The maximum atomic E-state index is 14.3. The molecule has 1 aliphatic carbocycles. The van der Waals surface area contributed by atoms with Crippen molar-refractivity contribution in [2.75, 3.05) is 6.61 Å². The second kappa shape index (κ2) is 14.7. The van der Waals surface area contributed by atoms with Gasteiger partial charge in [0.1, 0.15) is 29.3 Å². The second-order valence-corrected chi connectivity index (χ2v) is 13.3. The maximum Gasteiger partial charge on any atom is 0.408 e. The van der Waals surface area contributed by atoms with Crippen LogP contribution in [0.1, 0.15) is 83.5 Å². The molecule has 0 bridgehead atoms. The molecule has 0 heterocycles. The normalized spacial score (nSPS) is 15.6. The summed E-state index contributed by atoms with van der Waals surface area (Å²) < 4.78 is 11.0. The van der Waals surface area contributed by atoms with E-state index >= 15 is 0 Å². The van der Waals surface area contributed by atoms with Crippen molar-refractivity contribution in [3.05, 3.63) is 71.3 Å². The number of aryl methyl sites for hydroxylation is 1. The molecule has 0 spiro atoms. The van der Waals surface area contributed by atoms with Crippen LogP contribution in [0, 0.1) is 6.92 Å². The summed E-state index contributed by atoms with van der Waals surface area (Å²) in [5.74, 6) is -1.79. The number of aliphatic hydroxyl groups is 1. The van der Waals surface area contributed by atoms with Crippen LogP contribution in [0.25, 0.3) is 0 Å². The standard InChI is InChI=1S/C34H47N3O7/c1-22-13-11-16-24(19-22)28(29(39)35-26(31(41)43-33(2,3)4)20-23-14-9-8-10-15-23)37(25-17-12-18-25)30(40)27(21-38)36-32(42)44-34(5,6)7/h8-11,13-16,19,25-28,38H,12,17-18,20-21H2,1-7H3,(H,35,39)(H,36,42). The van der Waals surface area contributed by atoms with Crippen molar-refractivity contribution in [2.45, 2.75) is 110 Å². The fraction of sp³-hybridized carbons (Fsp3) is 0.529. The van der Waals surface area contributed by atoms with Crippen molar-refractivity contribution in [1.29, 1.82) is 0 Å². The number of hydrogen-bond donors (Lipinski definition) is 3. The largest absolute Gasteiger partial charge is 0.458 e. The van der Waals surface area contributed by atoms with Crippen molar-refractivity contribution < 1.29 is 33.8 Å². The minimum absolute atomic E-state index is 0.179. The lowest BCUT2D eigenvalue weighted by atomic mass is 9.87. The van der Waals surface area contributed by atoms with Crippen LogP contribution >= 0.6 is 0 Å². The summed E-state index contributed by atoms with van der Waals surface area (Å²) in [6.45, 7) is 11.5. The van der Waals surface area contributed by atoms with E-state index in [-0.39, 0.29) is 12.5 Å². The Morgan fingerprint density at radius 1 is 0.886 bits per heavy atom. The molecule has 3 unspecified atom stereocenters. The predicted octanol–water partition coefficient (Wildman–Crippen LogP) is 4.37. The highest BCUT2D eigenvalue weighted by atomic mass is 16.6. The average Bonchev–Trinajstić information content (AvgIpc) is 2.88. The lowest BCUT2D eigenvalue weighted by Gasteiger charge is -2.43. The van der Waals surface area contributed by atoms with Crippen LogP contribution < -0.4 is 10.6 Å². The summed E-state index contributed by atoms with van der Waals surface area (Å²) in [6.07, 6.45) is 1.47. The van der Waals surface area contributed by atoms with E-state index in [0.717, 1.165) is 17.5 Å². The maximum absolute atomic E-state index is 14.3. The van der Waals surface area contributed by atoms with Crippen LogP contribution in [0.5, 0.6) is 0 Å². The summed E-state index contributed by atoms with van der Waals surface area (Å²) in [4.78, 5) is 55.9. The monoisotopic (exact) mass is 609 g/mol. The van der Waals surface area contributed by atoms with Gasteiger partial charge in [0.25, 0.3) is 0 Å². The summed E-state index contributed by atoms with van der Waals surface area (Å²) in [7, 11) is 0. The van der Waals surface area contributed by atoms with Gasteiger partial charge in [-0.15, -0.1) is 0 Å². The van der Waals surface area contributed by atoms with Gasteiger partial charge in [0.15, 0.2) is 0 Å². The number of carbonyl (C=O) groups is 4. The SMILES string of the molecule is Cc1cccc(C(C(=O)NC(Cc2ccccc2)C(=O)OC(C)(C)C)N(C(=O)C(CO)NC(=O)OC(C)(C)C)C2CCC2)c1. The van der Waals surface area contributed by atoms with Crippen molar-refractivity contribution >= 4 is 23.9 Å². The predicted molar refractivity (Wildman–Crippen MR) is 167 cm³/mol. The third kappa shape index (κ3) is 10.1. The zero-order chi connectivity index (χ0) is 32.7. The third-order valence-electron chi connectivity index (χ3n) is 7.07. The van der Waals surface area contributed by atoms with E-state index in [4.69, 9.17) is 9.47 Å². The zero-order valence-electron chi connectivity index (χ0n) is 26.9. The van der Waals surface area contributed by atoms with Gasteiger partial charge in [-0.3, -0.25) is 9.59 Å². The summed E-state index contributed by atoms with van der Waals surface area (Å²) in [5, 5.41) is 15.6. The molecule has 10 heteroatoms. The highest BCUT2D eigenvalue weighted by Gasteiger charge is 2.43. The number of hydrogen-bond acceptors (Lipinski definition) is 7. The number of aliphatic hydroxyl groups excluding tert-OH is 1. The molecule has 2 aromatic carbocycles. The van der Waals surface area contributed by atoms with Gasteiger partial charge >= 0.3 is 12.1 Å². The van der Waals surface area contributed by atoms with Gasteiger partial charge in [-0.2, -0.15) is 0 Å². The molecule has 0 aliphatic heterocycles. The number of amides is 3. The fourth-order valence-corrected chi connectivity index (χ4v) is 4.94. The molecule has 3 atom stereocenters. The Labute approximate surface area is 260 Å². The van der Waals surface area contributed by atoms with E-state index in [2.05, 4.69) is 10.6 Å². The topological polar surface area (TPSA) is 134 Å². The number of carbonyl (C=O) groups excluding carboxylic acids is 4. The van der Waals surface area contributed by atoms with E-state index in [1.165, 1.54) is 4.90 Å². The Morgan fingerprint density at radius 3 is 2.05 bits per heavy atom. The Bertz CT molecular complexity index is 1300. The van der Waals surface area contributed by atoms with Crippen molar-refractivity contribution in [3.8, 4) is 0 Å². The quantitative estimate of drug-likeness (QED) is 0.322. The molecule has 0 saturated heterocycles. The molecule has 1 aliphatic rings. The van der Waals surface area contributed by atoms with Gasteiger partial charge in [-0.1, -0.05) is 60.2 Å². The molecular weight excluding hydrogens is 562 g/mol. The molecule has 44 heavy (non-hydrogen) atoms. The third-order valence-corrected chi connectivity index (χ3v) is 7.07. The highest BCUT2D eigenvalue weighted by molar-refractivity contribution is 5.94. The lowest BCUT2D eigenvalue weighted by Crippen LogP contribution is -2.59. The molecule has 3 amide bonds. The number of alkyl carbamates (subject to hydrolysis) is 1.